The van der Waals surface area contributed by atoms with Crippen LogP contribution in [0.15, 0.2) is 42.7 Å². The van der Waals surface area contributed by atoms with E-state index in [1.807, 2.05) is 30.3 Å². The molecule has 1 N–H and O–H groups in total. The van der Waals surface area contributed by atoms with Crippen molar-refractivity contribution in [2.45, 2.75) is 13.0 Å². The van der Waals surface area contributed by atoms with Crippen LogP contribution in [0.2, 0.25) is 0 Å². The second kappa shape index (κ2) is 6.10. The number of benzene rings is 1. The van der Waals surface area contributed by atoms with Crippen LogP contribution in [-0.4, -0.2) is 36.4 Å². The Morgan fingerprint density at radius 3 is 2.65 bits per heavy atom. The molecule has 0 saturated heterocycles. The normalized spacial score (nSPS) is 15.0. The number of carbonyl (C=O) groups is 1. The summed E-state index contributed by atoms with van der Waals surface area (Å²) < 4.78 is 24.8. The molecule has 0 fully saturated rings. The molecule has 1 aromatic carbocycles. The van der Waals surface area contributed by atoms with Crippen molar-refractivity contribution in [2.24, 2.45) is 0 Å². The molecule has 0 atom stereocenters. The zero-order chi connectivity index (χ0) is 16.4. The van der Waals surface area contributed by atoms with E-state index in [2.05, 4.69) is 10.3 Å². The Labute approximate surface area is 135 Å². The third kappa shape index (κ3) is 3.40. The predicted molar refractivity (Wildman–Crippen MR) is 87.6 cm³/mol. The van der Waals surface area contributed by atoms with Crippen molar-refractivity contribution in [3.63, 3.8) is 0 Å². The molecule has 7 heteroatoms. The van der Waals surface area contributed by atoms with Gasteiger partial charge >= 0.3 is 0 Å². The molecular weight excluding hydrogens is 314 g/mol. The van der Waals surface area contributed by atoms with E-state index in [-0.39, 0.29) is 12.5 Å². The molecule has 1 aliphatic rings. The molecule has 0 unspecified atom stereocenters. The highest BCUT2D eigenvalue weighted by atomic mass is 32.2. The van der Waals surface area contributed by atoms with Crippen molar-refractivity contribution >= 4 is 21.6 Å². The van der Waals surface area contributed by atoms with Gasteiger partial charge in [0.2, 0.25) is 10.0 Å². The van der Waals surface area contributed by atoms with Crippen molar-refractivity contribution in [3.8, 4) is 0 Å². The number of pyridine rings is 1. The fraction of sp³-hybridized carbons (Fsp3) is 0.250. The molecule has 0 bridgehead atoms. The van der Waals surface area contributed by atoms with Crippen LogP contribution >= 0.6 is 0 Å². The summed E-state index contributed by atoms with van der Waals surface area (Å²) in [6, 6.07) is 9.19. The Hall–Kier alpha value is -2.25. The molecule has 1 aromatic heterocycles. The first kappa shape index (κ1) is 15.6. The average molecular weight is 331 g/mol. The standard InChI is InChI=1S/C16H17N3O3S/c1-23(21,22)19-8-7-14-12(11-19)9-17-10-15(14)16(20)18-13-5-3-2-4-6-13/h2-6,9-10H,7-8,11H2,1H3,(H,18,20). The molecule has 0 saturated carbocycles. The van der Waals surface area contributed by atoms with Crippen molar-refractivity contribution in [2.75, 3.05) is 18.1 Å². The van der Waals surface area contributed by atoms with Gasteiger partial charge in [0, 0.05) is 31.2 Å². The van der Waals surface area contributed by atoms with Crippen LogP contribution in [-0.2, 0) is 23.0 Å². The lowest BCUT2D eigenvalue weighted by molar-refractivity contribution is 0.102. The Balaban J connectivity index is 1.87. The smallest absolute Gasteiger partial charge is 0.257 e. The minimum Gasteiger partial charge on any atom is -0.322 e. The van der Waals surface area contributed by atoms with E-state index in [9.17, 15) is 13.2 Å². The molecule has 6 nitrogen and oxygen atoms in total. The third-order valence-electron chi connectivity index (χ3n) is 3.85. The number of para-hydroxylation sites is 1. The summed E-state index contributed by atoms with van der Waals surface area (Å²) in [7, 11) is -3.25. The molecule has 2 aromatic rings. The van der Waals surface area contributed by atoms with Gasteiger partial charge in [-0.3, -0.25) is 9.78 Å². The van der Waals surface area contributed by atoms with Gasteiger partial charge in [-0.15, -0.1) is 0 Å². The number of nitrogens with zero attached hydrogens (tertiary/aromatic N) is 2. The van der Waals surface area contributed by atoms with Crippen LogP contribution < -0.4 is 5.32 Å². The number of amides is 1. The Morgan fingerprint density at radius 2 is 1.96 bits per heavy atom. The lowest BCUT2D eigenvalue weighted by atomic mass is 9.98. The fourth-order valence-corrected chi connectivity index (χ4v) is 3.46. The second-order valence-electron chi connectivity index (χ2n) is 5.49. The number of hydrogen-bond acceptors (Lipinski definition) is 4. The van der Waals surface area contributed by atoms with E-state index in [1.54, 1.807) is 6.20 Å². The van der Waals surface area contributed by atoms with Crippen molar-refractivity contribution < 1.29 is 13.2 Å². The Morgan fingerprint density at radius 1 is 1.22 bits per heavy atom. The van der Waals surface area contributed by atoms with Crippen LogP contribution in [0.3, 0.4) is 0 Å². The van der Waals surface area contributed by atoms with Crippen LogP contribution in [0.25, 0.3) is 0 Å². The average Bonchev–Trinajstić information content (AvgIpc) is 2.54. The highest BCUT2D eigenvalue weighted by molar-refractivity contribution is 7.88. The van der Waals surface area contributed by atoms with Gasteiger partial charge < -0.3 is 5.32 Å². The van der Waals surface area contributed by atoms with Gasteiger partial charge in [0.05, 0.1) is 11.8 Å². The van der Waals surface area contributed by atoms with Crippen LogP contribution in [0.1, 0.15) is 21.5 Å². The van der Waals surface area contributed by atoms with Crippen LogP contribution in [0, 0.1) is 0 Å². The quantitative estimate of drug-likeness (QED) is 0.927. The van der Waals surface area contributed by atoms with E-state index >= 15 is 0 Å². The number of rotatable bonds is 3. The van der Waals surface area contributed by atoms with Gasteiger partial charge in [0.1, 0.15) is 0 Å². The van der Waals surface area contributed by atoms with Crippen molar-refractivity contribution in [3.05, 3.63) is 59.4 Å². The maximum atomic E-state index is 12.5. The zero-order valence-electron chi connectivity index (χ0n) is 12.7. The molecular formula is C16H17N3O3S. The van der Waals surface area contributed by atoms with E-state index in [0.717, 1.165) is 11.1 Å². The SMILES string of the molecule is CS(=O)(=O)N1CCc2c(cncc2C(=O)Nc2ccccc2)C1. The highest BCUT2D eigenvalue weighted by Crippen LogP contribution is 2.23. The van der Waals surface area contributed by atoms with E-state index in [0.29, 0.717) is 24.2 Å². The van der Waals surface area contributed by atoms with Gasteiger partial charge in [-0.2, -0.15) is 4.31 Å². The molecule has 23 heavy (non-hydrogen) atoms. The van der Waals surface area contributed by atoms with Crippen molar-refractivity contribution in [1.82, 2.24) is 9.29 Å². The molecule has 2 heterocycles. The first-order valence-electron chi connectivity index (χ1n) is 7.22. The number of aromatic nitrogens is 1. The molecule has 3 rings (SSSR count). The van der Waals surface area contributed by atoms with Crippen LogP contribution in [0.4, 0.5) is 5.69 Å². The van der Waals surface area contributed by atoms with Crippen molar-refractivity contribution in [1.29, 1.82) is 0 Å². The highest BCUT2D eigenvalue weighted by Gasteiger charge is 2.26. The summed E-state index contributed by atoms with van der Waals surface area (Å²) in [4.78, 5) is 16.6. The number of carbonyl (C=O) groups excluding carboxylic acids is 1. The van der Waals surface area contributed by atoms with Crippen LogP contribution in [0.5, 0.6) is 0 Å². The number of hydrogen-bond donors (Lipinski definition) is 1. The van der Waals surface area contributed by atoms with Gasteiger partial charge in [-0.1, -0.05) is 18.2 Å². The molecule has 1 amide bonds. The first-order chi connectivity index (χ1) is 10.9. The van der Waals surface area contributed by atoms with E-state index < -0.39 is 10.0 Å². The minimum absolute atomic E-state index is 0.228. The summed E-state index contributed by atoms with van der Waals surface area (Å²) in [6.07, 6.45) is 4.86. The molecule has 0 radical (unpaired) electrons. The predicted octanol–water partition coefficient (Wildman–Crippen LogP) is 1.65. The summed E-state index contributed by atoms with van der Waals surface area (Å²) in [5, 5.41) is 2.84. The maximum absolute atomic E-state index is 12.5. The zero-order valence-corrected chi connectivity index (χ0v) is 13.5. The summed E-state index contributed by atoms with van der Waals surface area (Å²) in [5.41, 5.74) is 2.86. The lowest BCUT2D eigenvalue weighted by Gasteiger charge is -2.27. The minimum atomic E-state index is -3.25. The van der Waals surface area contributed by atoms with E-state index in [4.69, 9.17) is 0 Å². The summed E-state index contributed by atoms with van der Waals surface area (Å²) in [6.45, 7) is 0.634. The Bertz CT molecular complexity index is 835. The number of anilines is 1. The third-order valence-corrected chi connectivity index (χ3v) is 5.10. The van der Waals surface area contributed by atoms with E-state index in [1.165, 1.54) is 16.8 Å². The molecule has 1 aliphatic heterocycles. The molecule has 120 valence electrons. The number of sulfonamides is 1. The second-order valence-corrected chi connectivity index (χ2v) is 7.47. The topological polar surface area (TPSA) is 79.4 Å². The maximum Gasteiger partial charge on any atom is 0.257 e. The fourth-order valence-electron chi connectivity index (χ4n) is 2.67. The summed E-state index contributed by atoms with van der Waals surface area (Å²) >= 11 is 0. The van der Waals surface area contributed by atoms with Gasteiger partial charge in [0.25, 0.3) is 5.91 Å². The number of fused-ring (bicyclic) bond motifs is 1. The van der Waals surface area contributed by atoms with Gasteiger partial charge in [0.15, 0.2) is 0 Å². The van der Waals surface area contributed by atoms with Gasteiger partial charge in [-0.05, 0) is 29.7 Å². The number of nitrogens with one attached hydrogen (secondary N) is 1. The molecule has 0 aliphatic carbocycles. The monoisotopic (exact) mass is 331 g/mol. The molecule has 0 spiro atoms. The largest absolute Gasteiger partial charge is 0.322 e. The lowest BCUT2D eigenvalue weighted by Crippen LogP contribution is -2.36. The summed E-state index contributed by atoms with van der Waals surface area (Å²) in [5.74, 6) is -0.228. The Kier molecular flexibility index (Phi) is 4.14. The first-order valence-corrected chi connectivity index (χ1v) is 9.07. The van der Waals surface area contributed by atoms with Gasteiger partial charge in [-0.25, -0.2) is 8.42 Å².